The van der Waals surface area contributed by atoms with Gasteiger partial charge in [0, 0.05) is 25.5 Å². The molecule has 0 aliphatic carbocycles. The smallest absolute Gasteiger partial charge is 0.274 e. The fraction of sp³-hybridized carbons (Fsp3) is 0.760. The molecule has 0 aromatic carbocycles. The first kappa shape index (κ1) is 25.4. The van der Waals surface area contributed by atoms with Crippen molar-refractivity contribution >= 4 is 11.8 Å². The quantitative estimate of drug-likeness (QED) is 0.107. The summed E-state index contributed by atoms with van der Waals surface area (Å²) in [5, 5.41) is 11.3. The lowest BCUT2D eigenvalue weighted by Crippen LogP contribution is -2.52. The Balaban J connectivity index is 1.65. The maximum Gasteiger partial charge on any atom is 0.274 e. The van der Waals surface area contributed by atoms with Crippen LogP contribution in [-0.4, -0.2) is 58.3 Å². The van der Waals surface area contributed by atoms with E-state index in [1.807, 2.05) is 12.2 Å². The van der Waals surface area contributed by atoms with Crippen LogP contribution in [0, 0.1) is 0 Å². The first-order valence-electron chi connectivity index (χ1n) is 12.5. The lowest BCUT2D eigenvalue weighted by atomic mass is 10.0. The van der Waals surface area contributed by atoms with Crippen molar-refractivity contribution in [3.8, 4) is 0 Å². The van der Waals surface area contributed by atoms with Crippen LogP contribution in [-0.2, 0) is 0 Å². The van der Waals surface area contributed by atoms with E-state index in [0.717, 1.165) is 64.6 Å². The molecular formula is C25H46N5O+. The van der Waals surface area contributed by atoms with E-state index in [1.165, 1.54) is 50.8 Å². The van der Waals surface area contributed by atoms with Gasteiger partial charge in [0.2, 0.25) is 5.72 Å². The highest BCUT2D eigenvalue weighted by Gasteiger charge is 2.46. The minimum absolute atomic E-state index is 0.178. The molecule has 0 fully saturated rings. The van der Waals surface area contributed by atoms with Gasteiger partial charge >= 0.3 is 0 Å². The fourth-order valence-corrected chi connectivity index (χ4v) is 4.68. The van der Waals surface area contributed by atoms with Gasteiger partial charge < -0.3 is 16.6 Å². The summed E-state index contributed by atoms with van der Waals surface area (Å²) < 4.78 is 2.44. The summed E-state index contributed by atoms with van der Waals surface area (Å²) in [6, 6.07) is 0. The molecule has 0 aromatic heterocycles. The van der Waals surface area contributed by atoms with Crippen LogP contribution < -0.4 is 11.5 Å². The fourth-order valence-electron chi connectivity index (χ4n) is 4.68. The number of unbranched alkanes of at least 4 members (excludes halogenated alkanes) is 10. The first-order chi connectivity index (χ1) is 15.1. The van der Waals surface area contributed by atoms with E-state index in [2.05, 4.69) is 27.1 Å². The molecule has 0 saturated carbocycles. The average molecular weight is 433 g/mol. The largest absolute Gasteiger partial charge is 0.370 e. The normalized spacial score (nSPS) is 20.2. The van der Waals surface area contributed by atoms with Gasteiger partial charge in [0.15, 0.2) is 5.96 Å². The number of allylic oxidation sites excluding steroid dienone is 1. The van der Waals surface area contributed by atoms with E-state index in [9.17, 15) is 5.11 Å². The van der Waals surface area contributed by atoms with Crippen molar-refractivity contribution in [1.29, 1.82) is 0 Å². The van der Waals surface area contributed by atoms with Crippen LogP contribution in [0.1, 0.15) is 89.9 Å². The number of hydrogen-bond acceptors (Lipinski definition) is 3. The average Bonchev–Trinajstić information content (AvgIpc) is 3.09. The lowest BCUT2D eigenvalue weighted by Gasteiger charge is -2.32. The highest BCUT2D eigenvalue weighted by atomic mass is 16.3. The minimum atomic E-state index is -0.786. The number of rotatable bonds is 17. The molecule has 5 N–H and O–H groups in total. The monoisotopic (exact) mass is 432 g/mol. The van der Waals surface area contributed by atoms with E-state index in [0.29, 0.717) is 6.54 Å². The maximum absolute atomic E-state index is 11.3. The van der Waals surface area contributed by atoms with Gasteiger partial charge in [0.25, 0.3) is 5.84 Å². The van der Waals surface area contributed by atoms with Crippen LogP contribution in [0.15, 0.2) is 29.8 Å². The summed E-state index contributed by atoms with van der Waals surface area (Å²) in [6.45, 7) is 7.54. The standard InChI is InChI=1S/C25H46N5O/c1-2-3-4-5-6-7-8-9-10-12-17-25(31)18-16-23-29(21-15-22-30(23)25)20-14-11-13-19-28-24(26)27/h2,16,18,31H,1,3-15,17,19-22H2,(H4,26,27,28)/q+1/t25-/m1/s1. The van der Waals surface area contributed by atoms with Crippen LogP contribution in [0.2, 0.25) is 0 Å². The lowest BCUT2D eigenvalue weighted by molar-refractivity contribution is -0.539. The molecule has 2 heterocycles. The number of aliphatic hydroxyl groups is 1. The van der Waals surface area contributed by atoms with Gasteiger partial charge in [-0.1, -0.05) is 44.6 Å². The second-order valence-corrected chi connectivity index (χ2v) is 9.09. The molecule has 0 aromatic rings. The highest BCUT2D eigenvalue weighted by Crippen LogP contribution is 2.30. The summed E-state index contributed by atoms with van der Waals surface area (Å²) in [4.78, 5) is 6.28. The Labute approximate surface area is 189 Å². The predicted octanol–water partition coefficient (Wildman–Crippen LogP) is 3.89. The zero-order valence-corrected chi connectivity index (χ0v) is 19.6. The van der Waals surface area contributed by atoms with Crippen molar-refractivity contribution in [2.75, 3.05) is 26.2 Å². The summed E-state index contributed by atoms with van der Waals surface area (Å²) >= 11 is 0. The maximum atomic E-state index is 11.3. The van der Waals surface area contributed by atoms with E-state index >= 15 is 0 Å². The van der Waals surface area contributed by atoms with Crippen LogP contribution in [0.25, 0.3) is 0 Å². The summed E-state index contributed by atoms with van der Waals surface area (Å²) in [5.41, 5.74) is 9.95. The van der Waals surface area contributed by atoms with Crippen LogP contribution >= 0.6 is 0 Å². The predicted molar refractivity (Wildman–Crippen MR) is 131 cm³/mol. The third-order valence-corrected chi connectivity index (χ3v) is 6.46. The molecule has 6 nitrogen and oxygen atoms in total. The van der Waals surface area contributed by atoms with E-state index in [4.69, 9.17) is 11.5 Å². The Bertz CT molecular complexity index is 623. The molecule has 2 aliphatic rings. The molecule has 0 spiro atoms. The number of fused-ring (bicyclic) bond motifs is 1. The molecule has 0 radical (unpaired) electrons. The van der Waals surface area contributed by atoms with Crippen molar-refractivity contribution < 1.29 is 9.68 Å². The van der Waals surface area contributed by atoms with Gasteiger partial charge in [-0.15, -0.1) is 6.58 Å². The summed E-state index contributed by atoms with van der Waals surface area (Å²) in [7, 11) is 0. The highest BCUT2D eigenvalue weighted by molar-refractivity contribution is 5.92. The van der Waals surface area contributed by atoms with Crippen molar-refractivity contribution in [2.45, 2.75) is 95.6 Å². The molecule has 0 saturated heterocycles. The Morgan fingerprint density at radius 3 is 2.45 bits per heavy atom. The third kappa shape index (κ3) is 9.06. The Hall–Kier alpha value is -1.82. The van der Waals surface area contributed by atoms with Gasteiger partial charge in [-0.05, 0) is 44.6 Å². The van der Waals surface area contributed by atoms with Gasteiger partial charge in [-0.25, -0.2) is 4.90 Å². The van der Waals surface area contributed by atoms with Crippen LogP contribution in [0.5, 0.6) is 0 Å². The van der Waals surface area contributed by atoms with Crippen molar-refractivity contribution in [1.82, 2.24) is 4.90 Å². The number of nitrogens with zero attached hydrogens (tertiary/aromatic N) is 3. The van der Waals surface area contributed by atoms with Crippen LogP contribution in [0.4, 0.5) is 0 Å². The molecule has 31 heavy (non-hydrogen) atoms. The Morgan fingerprint density at radius 2 is 1.74 bits per heavy atom. The zero-order chi connectivity index (χ0) is 22.4. The zero-order valence-electron chi connectivity index (χ0n) is 19.6. The topological polar surface area (TPSA) is 90.9 Å². The third-order valence-electron chi connectivity index (χ3n) is 6.46. The van der Waals surface area contributed by atoms with Crippen molar-refractivity contribution in [3.63, 3.8) is 0 Å². The molecule has 2 rings (SSSR count). The molecule has 0 unspecified atom stereocenters. The Kier molecular flexibility index (Phi) is 11.7. The number of aliphatic imine (C=N–C) groups is 1. The number of guanidine groups is 1. The first-order valence-corrected chi connectivity index (χ1v) is 12.5. The SMILES string of the molecule is C=CCCCCCCCCCC[C@@]1(O)C=CC2=[N+](CCCCCN=C(N)N)CCCN21. The molecule has 0 bridgehead atoms. The van der Waals surface area contributed by atoms with E-state index in [1.54, 1.807) is 0 Å². The summed E-state index contributed by atoms with van der Waals surface area (Å²) in [6.07, 6.45) is 22.7. The van der Waals surface area contributed by atoms with Gasteiger partial charge in [0.1, 0.15) is 0 Å². The Morgan fingerprint density at radius 1 is 1.06 bits per heavy atom. The number of hydrogen-bond donors (Lipinski definition) is 3. The molecular weight excluding hydrogens is 386 g/mol. The molecule has 176 valence electrons. The summed E-state index contributed by atoms with van der Waals surface area (Å²) in [5.74, 6) is 1.38. The second kappa shape index (κ2) is 14.3. The minimum Gasteiger partial charge on any atom is -0.370 e. The van der Waals surface area contributed by atoms with Crippen molar-refractivity contribution in [2.24, 2.45) is 16.5 Å². The van der Waals surface area contributed by atoms with E-state index < -0.39 is 5.72 Å². The van der Waals surface area contributed by atoms with Crippen LogP contribution in [0.3, 0.4) is 0 Å². The molecule has 0 amide bonds. The van der Waals surface area contributed by atoms with Crippen molar-refractivity contribution in [3.05, 3.63) is 24.8 Å². The second-order valence-electron chi connectivity index (χ2n) is 9.09. The molecule has 2 aliphatic heterocycles. The number of amidine groups is 1. The van der Waals surface area contributed by atoms with E-state index in [-0.39, 0.29) is 5.96 Å². The molecule has 1 atom stereocenters. The number of nitrogens with two attached hydrogens (primary N) is 2. The van der Waals surface area contributed by atoms with Gasteiger partial charge in [-0.2, -0.15) is 0 Å². The van der Waals surface area contributed by atoms with Gasteiger partial charge in [-0.3, -0.25) is 9.57 Å². The molecule has 6 heteroatoms. The van der Waals surface area contributed by atoms with Gasteiger partial charge in [0.05, 0.1) is 19.6 Å².